The molecule has 0 aromatic carbocycles. The lowest BCUT2D eigenvalue weighted by Gasteiger charge is -1.99. The summed E-state index contributed by atoms with van der Waals surface area (Å²) in [6.45, 7) is 3.50. The van der Waals surface area contributed by atoms with E-state index >= 15 is 0 Å². The second-order valence-corrected chi connectivity index (χ2v) is 2.33. The van der Waals surface area contributed by atoms with Crippen LogP contribution in [0.25, 0.3) is 0 Å². The van der Waals surface area contributed by atoms with Gasteiger partial charge in [0.2, 0.25) is 0 Å². The standard InChI is InChI=1S/C6H10ClO2/c1-5(7)3-4-6(8)9-2/h5H,1,3-4H2,2H3. The first-order valence-electron chi connectivity index (χ1n) is 2.70. The summed E-state index contributed by atoms with van der Waals surface area (Å²) in [4.78, 5) is 10.4. The molecule has 0 aliphatic carbocycles. The molecule has 1 unspecified atom stereocenters. The van der Waals surface area contributed by atoms with Crippen LogP contribution in [0.3, 0.4) is 0 Å². The van der Waals surface area contributed by atoms with Crippen molar-refractivity contribution in [2.24, 2.45) is 0 Å². The highest BCUT2D eigenvalue weighted by Crippen LogP contribution is 2.03. The average Bonchev–Trinajstić information content (AvgIpc) is 1.83. The number of alkyl halides is 1. The molecule has 9 heavy (non-hydrogen) atoms. The quantitative estimate of drug-likeness (QED) is 0.448. The van der Waals surface area contributed by atoms with Crippen molar-refractivity contribution in [1.82, 2.24) is 0 Å². The van der Waals surface area contributed by atoms with E-state index in [-0.39, 0.29) is 11.3 Å². The molecule has 0 N–H and O–H groups in total. The number of carbonyl (C=O) groups is 1. The normalized spacial score (nSPS) is 12.8. The molecule has 0 bridgehead atoms. The summed E-state index contributed by atoms with van der Waals surface area (Å²) in [5, 5.41) is -0.191. The molecule has 0 aromatic rings. The highest BCUT2D eigenvalue weighted by atomic mass is 35.5. The van der Waals surface area contributed by atoms with Crippen LogP contribution in [0.2, 0.25) is 0 Å². The van der Waals surface area contributed by atoms with Gasteiger partial charge in [-0.25, -0.2) is 0 Å². The Morgan fingerprint density at radius 3 is 2.78 bits per heavy atom. The van der Waals surface area contributed by atoms with Crippen molar-refractivity contribution in [3.8, 4) is 0 Å². The molecule has 0 heterocycles. The van der Waals surface area contributed by atoms with Crippen LogP contribution in [-0.2, 0) is 9.53 Å². The third-order valence-corrected chi connectivity index (χ3v) is 1.11. The third kappa shape index (κ3) is 5.63. The lowest BCUT2D eigenvalue weighted by atomic mass is 10.2. The first-order valence-corrected chi connectivity index (χ1v) is 3.14. The minimum absolute atomic E-state index is 0.191. The van der Waals surface area contributed by atoms with E-state index in [1.807, 2.05) is 0 Å². The van der Waals surface area contributed by atoms with Gasteiger partial charge in [-0.05, 0) is 13.3 Å². The number of halogens is 1. The molecule has 53 valence electrons. The van der Waals surface area contributed by atoms with Gasteiger partial charge in [0.05, 0.1) is 7.11 Å². The Morgan fingerprint density at radius 1 is 1.89 bits per heavy atom. The van der Waals surface area contributed by atoms with Crippen LogP contribution in [0.15, 0.2) is 0 Å². The van der Waals surface area contributed by atoms with E-state index in [1.54, 1.807) is 0 Å². The molecule has 0 rings (SSSR count). The van der Waals surface area contributed by atoms with Crippen molar-refractivity contribution in [2.75, 3.05) is 7.11 Å². The molecule has 0 saturated heterocycles. The van der Waals surface area contributed by atoms with Crippen LogP contribution in [0, 0.1) is 6.92 Å². The van der Waals surface area contributed by atoms with Gasteiger partial charge in [-0.1, -0.05) is 0 Å². The van der Waals surface area contributed by atoms with Gasteiger partial charge < -0.3 is 4.74 Å². The summed E-state index contributed by atoms with van der Waals surface area (Å²) in [7, 11) is 1.36. The van der Waals surface area contributed by atoms with Gasteiger partial charge in [0.1, 0.15) is 0 Å². The van der Waals surface area contributed by atoms with Crippen LogP contribution < -0.4 is 0 Å². The Bertz CT molecular complexity index is 91.1. The van der Waals surface area contributed by atoms with E-state index in [4.69, 9.17) is 11.6 Å². The molecule has 1 atom stereocenters. The molecular formula is C6H10ClO2. The van der Waals surface area contributed by atoms with Gasteiger partial charge >= 0.3 is 5.97 Å². The highest BCUT2D eigenvalue weighted by Gasteiger charge is 2.02. The summed E-state index contributed by atoms with van der Waals surface area (Å²) in [5.41, 5.74) is 0. The fourth-order valence-electron chi connectivity index (χ4n) is 0.377. The molecule has 2 nitrogen and oxygen atoms in total. The maximum atomic E-state index is 10.4. The monoisotopic (exact) mass is 149 g/mol. The zero-order valence-corrected chi connectivity index (χ0v) is 6.15. The molecule has 0 aliphatic heterocycles. The van der Waals surface area contributed by atoms with E-state index in [1.165, 1.54) is 7.11 Å². The number of hydrogen-bond donors (Lipinski definition) is 0. The number of hydrogen-bond acceptors (Lipinski definition) is 2. The Balaban J connectivity index is 3.17. The Hall–Kier alpha value is -0.240. The molecular weight excluding hydrogens is 140 g/mol. The van der Waals surface area contributed by atoms with E-state index in [2.05, 4.69) is 11.7 Å². The summed E-state index contributed by atoms with van der Waals surface area (Å²) < 4.78 is 4.38. The van der Waals surface area contributed by atoms with Crippen molar-refractivity contribution < 1.29 is 9.53 Å². The van der Waals surface area contributed by atoms with Crippen LogP contribution in [-0.4, -0.2) is 18.5 Å². The van der Waals surface area contributed by atoms with Crippen molar-refractivity contribution in [2.45, 2.75) is 18.2 Å². The smallest absolute Gasteiger partial charge is 0.305 e. The van der Waals surface area contributed by atoms with Crippen molar-refractivity contribution in [1.29, 1.82) is 0 Å². The van der Waals surface area contributed by atoms with Crippen LogP contribution in [0.5, 0.6) is 0 Å². The summed E-state index contributed by atoms with van der Waals surface area (Å²) >= 11 is 5.46. The Morgan fingerprint density at radius 2 is 2.44 bits per heavy atom. The Kier molecular flexibility index (Phi) is 4.50. The summed E-state index contributed by atoms with van der Waals surface area (Å²) in [5.74, 6) is -0.232. The predicted molar refractivity (Wildman–Crippen MR) is 36.2 cm³/mol. The average molecular weight is 150 g/mol. The molecule has 0 fully saturated rings. The maximum absolute atomic E-state index is 10.4. The van der Waals surface area contributed by atoms with Crippen LogP contribution >= 0.6 is 11.6 Å². The zero-order chi connectivity index (χ0) is 7.28. The van der Waals surface area contributed by atoms with Crippen molar-refractivity contribution >= 4 is 17.6 Å². The number of methoxy groups -OCH3 is 1. The van der Waals surface area contributed by atoms with Gasteiger partial charge in [-0.15, -0.1) is 11.6 Å². The highest BCUT2D eigenvalue weighted by molar-refractivity contribution is 6.21. The fraction of sp³-hybridized carbons (Fsp3) is 0.667. The maximum Gasteiger partial charge on any atom is 0.305 e. The van der Waals surface area contributed by atoms with E-state index < -0.39 is 0 Å². The van der Waals surface area contributed by atoms with Crippen LogP contribution in [0.4, 0.5) is 0 Å². The first kappa shape index (κ1) is 8.76. The van der Waals surface area contributed by atoms with E-state index in [9.17, 15) is 4.79 Å². The number of esters is 1. The number of ether oxygens (including phenoxy) is 1. The Labute approximate surface area is 60.1 Å². The summed E-state index contributed by atoms with van der Waals surface area (Å²) in [6, 6.07) is 0. The first-order chi connectivity index (χ1) is 4.16. The lowest BCUT2D eigenvalue weighted by Crippen LogP contribution is -2.02. The van der Waals surface area contributed by atoms with Gasteiger partial charge in [0, 0.05) is 11.8 Å². The van der Waals surface area contributed by atoms with E-state index in [0.717, 1.165) is 0 Å². The molecule has 0 spiro atoms. The van der Waals surface area contributed by atoms with Gasteiger partial charge in [-0.3, -0.25) is 4.79 Å². The van der Waals surface area contributed by atoms with Gasteiger partial charge in [-0.2, -0.15) is 0 Å². The predicted octanol–water partition coefficient (Wildman–Crippen LogP) is 1.38. The van der Waals surface area contributed by atoms with Crippen molar-refractivity contribution in [3.05, 3.63) is 6.92 Å². The lowest BCUT2D eigenvalue weighted by molar-refractivity contribution is -0.140. The van der Waals surface area contributed by atoms with Crippen molar-refractivity contribution in [3.63, 3.8) is 0 Å². The molecule has 3 heteroatoms. The molecule has 0 saturated carbocycles. The topological polar surface area (TPSA) is 26.3 Å². The van der Waals surface area contributed by atoms with Gasteiger partial charge in [0.15, 0.2) is 0 Å². The SMILES string of the molecule is [CH2]C(Cl)CCC(=O)OC. The summed E-state index contributed by atoms with van der Waals surface area (Å²) in [6.07, 6.45) is 0.933. The van der Waals surface area contributed by atoms with Gasteiger partial charge in [0.25, 0.3) is 0 Å². The fourth-order valence-corrected chi connectivity index (χ4v) is 0.486. The third-order valence-electron chi connectivity index (χ3n) is 0.889. The molecule has 1 radical (unpaired) electrons. The minimum atomic E-state index is -0.232. The molecule has 0 aliphatic rings. The van der Waals surface area contributed by atoms with Crippen LogP contribution in [0.1, 0.15) is 12.8 Å². The van der Waals surface area contributed by atoms with E-state index in [0.29, 0.717) is 12.8 Å². The molecule has 0 aromatic heterocycles. The number of rotatable bonds is 3. The molecule has 0 amide bonds. The minimum Gasteiger partial charge on any atom is -0.469 e. The second-order valence-electron chi connectivity index (χ2n) is 1.71. The number of carbonyl (C=O) groups excluding carboxylic acids is 1. The zero-order valence-electron chi connectivity index (χ0n) is 5.39. The largest absolute Gasteiger partial charge is 0.469 e. The second kappa shape index (κ2) is 4.62.